The Balaban J connectivity index is 2.67. The largest absolute Gasteiger partial charge is 0.496 e. The highest BCUT2D eigenvalue weighted by atomic mass is 16.5. The van der Waals surface area contributed by atoms with Crippen LogP contribution in [0.2, 0.25) is 0 Å². The maximum Gasteiger partial charge on any atom is 0.310 e. The Morgan fingerprint density at radius 3 is 2.57 bits per heavy atom. The molecule has 1 rings (SSSR count). The first-order valence-electron chi connectivity index (χ1n) is 6.63. The fourth-order valence-electron chi connectivity index (χ4n) is 1.87. The topological polar surface area (TPSA) is 55.8 Å². The molecule has 114 valence electrons. The molecular weight excluding hydrogens is 270 g/mol. The van der Waals surface area contributed by atoms with Gasteiger partial charge in [-0.3, -0.25) is 9.59 Å². The molecule has 1 atom stereocenters. The molecule has 0 bridgehead atoms. The van der Waals surface area contributed by atoms with Crippen LogP contribution in [-0.2, 0) is 14.3 Å². The maximum absolute atomic E-state index is 12.0. The van der Waals surface area contributed by atoms with Crippen molar-refractivity contribution in [1.82, 2.24) is 4.90 Å². The van der Waals surface area contributed by atoms with E-state index in [4.69, 9.17) is 4.74 Å². The van der Waals surface area contributed by atoms with E-state index in [1.807, 2.05) is 24.3 Å². The standard InChI is InChI=1S/C16H21NO4/c1-12(16(19)21-4)11-17(2)15(18)10-9-13-7-5-6-8-14(13)20-3/h5-10,12H,11H2,1-4H3. The monoisotopic (exact) mass is 291 g/mol. The minimum Gasteiger partial charge on any atom is -0.496 e. The Kier molecular flexibility index (Phi) is 6.46. The number of carbonyl (C=O) groups is 2. The molecule has 0 aliphatic heterocycles. The molecule has 0 fully saturated rings. The van der Waals surface area contributed by atoms with Gasteiger partial charge in [0, 0.05) is 25.2 Å². The minimum atomic E-state index is -0.358. The molecule has 5 nitrogen and oxygen atoms in total. The minimum absolute atomic E-state index is 0.184. The summed E-state index contributed by atoms with van der Waals surface area (Å²) in [5.74, 6) is -0.171. The lowest BCUT2D eigenvalue weighted by Gasteiger charge is -2.18. The van der Waals surface area contributed by atoms with Crippen molar-refractivity contribution in [2.75, 3.05) is 27.8 Å². The van der Waals surface area contributed by atoms with Crippen LogP contribution in [0.5, 0.6) is 5.75 Å². The van der Waals surface area contributed by atoms with Gasteiger partial charge in [-0.15, -0.1) is 0 Å². The molecule has 0 heterocycles. The second-order valence-electron chi connectivity index (χ2n) is 4.72. The van der Waals surface area contributed by atoms with Gasteiger partial charge in [0.1, 0.15) is 5.75 Å². The van der Waals surface area contributed by atoms with Crippen molar-refractivity contribution in [3.05, 3.63) is 35.9 Å². The number of ether oxygens (including phenoxy) is 2. The number of rotatable bonds is 6. The van der Waals surface area contributed by atoms with Crippen LogP contribution in [-0.4, -0.2) is 44.6 Å². The molecule has 0 N–H and O–H groups in total. The summed E-state index contributed by atoms with van der Waals surface area (Å²) in [5.41, 5.74) is 0.822. The molecule has 0 saturated carbocycles. The van der Waals surface area contributed by atoms with Gasteiger partial charge in [0.05, 0.1) is 20.1 Å². The molecule has 1 unspecified atom stereocenters. The number of hydrogen-bond acceptors (Lipinski definition) is 4. The predicted molar refractivity (Wildman–Crippen MR) is 80.8 cm³/mol. The average molecular weight is 291 g/mol. The van der Waals surface area contributed by atoms with Gasteiger partial charge in [-0.05, 0) is 12.1 Å². The van der Waals surface area contributed by atoms with E-state index in [1.54, 1.807) is 27.2 Å². The molecule has 0 aliphatic carbocycles. The van der Waals surface area contributed by atoms with E-state index in [2.05, 4.69) is 4.74 Å². The molecule has 5 heteroatoms. The summed E-state index contributed by atoms with van der Waals surface area (Å²) in [6.07, 6.45) is 3.16. The number of nitrogens with zero attached hydrogens (tertiary/aromatic N) is 1. The van der Waals surface area contributed by atoms with Crippen LogP contribution in [0, 0.1) is 5.92 Å². The number of amides is 1. The fourth-order valence-corrected chi connectivity index (χ4v) is 1.87. The van der Waals surface area contributed by atoms with Gasteiger partial charge in [-0.2, -0.15) is 0 Å². The van der Waals surface area contributed by atoms with E-state index < -0.39 is 0 Å². The Labute approximate surface area is 125 Å². The summed E-state index contributed by atoms with van der Waals surface area (Å²) < 4.78 is 9.85. The SMILES string of the molecule is COC(=O)C(C)CN(C)C(=O)C=Cc1ccccc1OC. The lowest BCUT2D eigenvalue weighted by molar-refractivity contribution is -0.145. The summed E-state index contributed by atoms with van der Waals surface area (Å²) in [6.45, 7) is 2.03. The Hall–Kier alpha value is -2.30. The lowest BCUT2D eigenvalue weighted by Crippen LogP contribution is -2.33. The van der Waals surface area contributed by atoms with Crippen LogP contribution in [0.15, 0.2) is 30.3 Å². The van der Waals surface area contributed by atoms with Crippen LogP contribution in [0.1, 0.15) is 12.5 Å². The normalized spacial score (nSPS) is 12.0. The summed E-state index contributed by atoms with van der Waals surface area (Å²) >= 11 is 0. The van der Waals surface area contributed by atoms with E-state index in [0.717, 1.165) is 5.56 Å². The predicted octanol–water partition coefficient (Wildman–Crippen LogP) is 1.98. The molecular formula is C16H21NO4. The second kappa shape index (κ2) is 8.09. The third-order valence-electron chi connectivity index (χ3n) is 3.07. The number of esters is 1. The van der Waals surface area contributed by atoms with Crippen molar-refractivity contribution in [2.45, 2.75) is 6.92 Å². The number of carbonyl (C=O) groups excluding carboxylic acids is 2. The molecule has 1 amide bonds. The Morgan fingerprint density at radius 1 is 1.29 bits per heavy atom. The quantitative estimate of drug-likeness (QED) is 0.594. The average Bonchev–Trinajstić information content (AvgIpc) is 2.51. The summed E-state index contributed by atoms with van der Waals surface area (Å²) in [4.78, 5) is 24.8. The highest BCUT2D eigenvalue weighted by Gasteiger charge is 2.17. The molecule has 1 aromatic rings. The van der Waals surface area contributed by atoms with Crippen LogP contribution in [0.4, 0.5) is 0 Å². The molecule has 0 aliphatic rings. The van der Waals surface area contributed by atoms with Gasteiger partial charge < -0.3 is 14.4 Å². The first-order valence-corrected chi connectivity index (χ1v) is 6.63. The maximum atomic E-state index is 12.0. The van der Waals surface area contributed by atoms with Crippen molar-refractivity contribution in [3.63, 3.8) is 0 Å². The zero-order valence-corrected chi connectivity index (χ0v) is 12.8. The smallest absolute Gasteiger partial charge is 0.310 e. The van der Waals surface area contributed by atoms with Crippen molar-refractivity contribution in [3.8, 4) is 5.75 Å². The molecule has 0 saturated heterocycles. The van der Waals surface area contributed by atoms with Gasteiger partial charge in [-0.25, -0.2) is 0 Å². The molecule has 1 aromatic carbocycles. The first-order chi connectivity index (χ1) is 9.99. The van der Waals surface area contributed by atoms with E-state index in [9.17, 15) is 9.59 Å². The van der Waals surface area contributed by atoms with E-state index in [-0.39, 0.29) is 17.8 Å². The van der Waals surface area contributed by atoms with Crippen molar-refractivity contribution >= 4 is 18.0 Å². The second-order valence-corrected chi connectivity index (χ2v) is 4.72. The summed E-state index contributed by atoms with van der Waals surface area (Å²) in [6, 6.07) is 7.42. The van der Waals surface area contributed by atoms with Crippen LogP contribution < -0.4 is 4.74 Å². The van der Waals surface area contributed by atoms with Gasteiger partial charge in [-0.1, -0.05) is 25.1 Å². The highest BCUT2D eigenvalue weighted by Crippen LogP contribution is 2.18. The number of hydrogen-bond donors (Lipinski definition) is 0. The number of likely N-dealkylation sites (N-methyl/N-ethyl adjacent to an activating group) is 1. The molecule has 0 radical (unpaired) electrons. The van der Waals surface area contributed by atoms with Crippen LogP contribution >= 0.6 is 0 Å². The van der Waals surface area contributed by atoms with Crippen molar-refractivity contribution < 1.29 is 19.1 Å². The molecule has 21 heavy (non-hydrogen) atoms. The third kappa shape index (κ3) is 4.95. The zero-order valence-electron chi connectivity index (χ0n) is 12.8. The van der Waals surface area contributed by atoms with Crippen LogP contribution in [0.25, 0.3) is 6.08 Å². The van der Waals surface area contributed by atoms with Gasteiger partial charge in [0.25, 0.3) is 0 Å². The van der Waals surface area contributed by atoms with E-state index >= 15 is 0 Å². The third-order valence-corrected chi connectivity index (χ3v) is 3.07. The highest BCUT2D eigenvalue weighted by molar-refractivity contribution is 5.92. The Morgan fingerprint density at radius 2 is 1.95 bits per heavy atom. The van der Waals surface area contributed by atoms with Gasteiger partial charge in [0.2, 0.25) is 5.91 Å². The van der Waals surface area contributed by atoms with Gasteiger partial charge >= 0.3 is 5.97 Å². The number of benzene rings is 1. The number of para-hydroxylation sites is 1. The van der Waals surface area contributed by atoms with Crippen molar-refractivity contribution in [1.29, 1.82) is 0 Å². The molecule has 0 spiro atoms. The Bertz CT molecular complexity index is 525. The first kappa shape index (κ1) is 16.8. The summed E-state index contributed by atoms with van der Waals surface area (Å²) in [5, 5.41) is 0. The van der Waals surface area contributed by atoms with Crippen LogP contribution in [0.3, 0.4) is 0 Å². The van der Waals surface area contributed by atoms with Gasteiger partial charge in [0.15, 0.2) is 0 Å². The summed E-state index contributed by atoms with van der Waals surface area (Å²) in [7, 11) is 4.56. The van der Waals surface area contributed by atoms with Crippen molar-refractivity contribution in [2.24, 2.45) is 5.92 Å². The lowest BCUT2D eigenvalue weighted by atomic mass is 10.1. The zero-order chi connectivity index (χ0) is 15.8. The fraction of sp³-hybridized carbons (Fsp3) is 0.375. The van der Waals surface area contributed by atoms with E-state index in [0.29, 0.717) is 12.3 Å². The molecule has 0 aromatic heterocycles. The van der Waals surface area contributed by atoms with E-state index in [1.165, 1.54) is 18.1 Å². The number of methoxy groups -OCH3 is 2.